The normalized spacial score (nSPS) is 24.7. The second-order valence-electron chi connectivity index (χ2n) is 5.74. The summed E-state index contributed by atoms with van der Waals surface area (Å²) in [7, 11) is 0. The molecule has 0 amide bonds. The van der Waals surface area contributed by atoms with Crippen LogP contribution in [-0.4, -0.2) is 41.3 Å². The Hall–Kier alpha value is -1.06. The van der Waals surface area contributed by atoms with Crippen molar-refractivity contribution in [3.63, 3.8) is 0 Å². The molecule has 1 atom stereocenters. The monoisotopic (exact) mass is 248 g/mol. The molecule has 1 aliphatic rings. The summed E-state index contributed by atoms with van der Waals surface area (Å²) < 4.78 is 0. The zero-order valence-corrected chi connectivity index (χ0v) is 11.6. The third-order valence-electron chi connectivity index (χ3n) is 3.88. The quantitative estimate of drug-likeness (QED) is 0.858. The highest BCUT2D eigenvalue weighted by molar-refractivity contribution is 5.47. The number of nitrogens with one attached hydrogen (secondary N) is 1. The van der Waals surface area contributed by atoms with Crippen LogP contribution in [0.15, 0.2) is 24.3 Å². The van der Waals surface area contributed by atoms with E-state index in [9.17, 15) is 5.11 Å². The van der Waals surface area contributed by atoms with Crippen LogP contribution in [0.25, 0.3) is 0 Å². The number of anilines is 1. The molecule has 1 fully saturated rings. The lowest BCUT2D eigenvalue weighted by Gasteiger charge is -2.31. The van der Waals surface area contributed by atoms with Gasteiger partial charge in [-0.1, -0.05) is 17.7 Å². The molecule has 3 nitrogen and oxygen atoms in total. The van der Waals surface area contributed by atoms with Crippen LogP contribution in [0.5, 0.6) is 0 Å². The summed E-state index contributed by atoms with van der Waals surface area (Å²) in [6.07, 6.45) is 0.996. The largest absolute Gasteiger partial charge is 0.394 e. The van der Waals surface area contributed by atoms with Gasteiger partial charge in [0.1, 0.15) is 0 Å². The van der Waals surface area contributed by atoms with Crippen molar-refractivity contribution < 1.29 is 5.11 Å². The molecule has 1 aliphatic heterocycles. The van der Waals surface area contributed by atoms with Gasteiger partial charge in [-0.05, 0) is 39.3 Å². The average Bonchev–Trinajstić information content (AvgIpc) is 2.77. The predicted molar refractivity (Wildman–Crippen MR) is 75.9 cm³/mol. The molecule has 1 unspecified atom stereocenters. The van der Waals surface area contributed by atoms with Gasteiger partial charge in [-0.2, -0.15) is 0 Å². The van der Waals surface area contributed by atoms with E-state index in [4.69, 9.17) is 0 Å². The number of aliphatic hydroxyl groups excluding tert-OH is 1. The number of nitrogens with zero attached hydrogens (tertiary/aromatic N) is 1. The van der Waals surface area contributed by atoms with E-state index in [2.05, 4.69) is 55.3 Å². The smallest absolute Gasteiger partial charge is 0.0742 e. The Kier molecular flexibility index (Phi) is 3.93. The molecule has 3 heteroatoms. The Labute approximate surface area is 110 Å². The predicted octanol–water partition coefficient (Wildman–Crippen LogP) is 2.25. The molecule has 0 aromatic heterocycles. The van der Waals surface area contributed by atoms with E-state index < -0.39 is 0 Å². The topological polar surface area (TPSA) is 35.5 Å². The van der Waals surface area contributed by atoms with Crippen molar-refractivity contribution in [1.29, 1.82) is 0 Å². The minimum Gasteiger partial charge on any atom is -0.394 e. The molecule has 1 heterocycles. The van der Waals surface area contributed by atoms with Gasteiger partial charge in [0.15, 0.2) is 0 Å². The molecule has 0 bridgehead atoms. The lowest BCUT2D eigenvalue weighted by Crippen LogP contribution is -2.45. The number of likely N-dealkylation sites (tertiary alicyclic amines) is 1. The van der Waals surface area contributed by atoms with E-state index in [0.29, 0.717) is 6.04 Å². The molecule has 1 aromatic rings. The second kappa shape index (κ2) is 5.29. The lowest BCUT2D eigenvalue weighted by molar-refractivity contribution is 0.196. The molecule has 0 saturated carbocycles. The van der Waals surface area contributed by atoms with Crippen LogP contribution in [0.4, 0.5) is 5.69 Å². The van der Waals surface area contributed by atoms with E-state index >= 15 is 0 Å². The average molecular weight is 248 g/mol. The van der Waals surface area contributed by atoms with E-state index in [1.807, 2.05) is 0 Å². The highest BCUT2D eigenvalue weighted by Gasteiger charge is 2.38. The minimum atomic E-state index is -0.181. The highest BCUT2D eigenvalue weighted by atomic mass is 16.3. The van der Waals surface area contributed by atoms with Gasteiger partial charge in [-0.25, -0.2) is 0 Å². The van der Waals surface area contributed by atoms with Crippen LogP contribution >= 0.6 is 0 Å². The fourth-order valence-electron chi connectivity index (χ4n) is 2.56. The Morgan fingerprint density at radius 1 is 1.33 bits per heavy atom. The number of aliphatic hydroxyl groups is 1. The molecule has 2 rings (SSSR count). The van der Waals surface area contributed by atoms with Crippen LogP contribution in [0.2, 0.25) is 0 Å². The van der Waals surface area contributed by atoms with Gasteiger partial charge in [-0.3, -0.25) is 4.90 Å². The fourth-order valence-corrected chi connectivity index (χ4v) is 2.56. The van der Waals surface area contributed by atoms with Crippen molar-refractivity contribution in [2.24, 2.45) is 0 Å². The minimum absolute atomic E-state index is 0.181. The van der Waals surface area contributed by atoms with Crippen molar-refractivity contribution >= 4 is 5.69 Å². The van der Waals surface area contributed by atoms with E-state index in [-0.39, 0.29) is 12.1 Å². The van der Waals surface area contributed by atoms with Crippen LogP contribution in [0.1, 0.15) is 25.8 Å². The van der Waals surface area contributed by atoms with E-state index in [0.717, 1.165) is 25.2 Å². The molecule has 0 aliphatic carbocycles. The maximum absolute atomic E-state index is 9.74. The molecule has 1 aromatic carbocycles. The van der Waals surface area contributed by atoms with Crippen molar-refractivity contribution in [3.8, 4) is 0 Å². The van der Waals surface area contributed by atoms with Crippen molar-refractivity contribution in [1.82, 2.24) is 4.90 Å². The first kappa shape index (κ1) is 13.4. The summed E-state index contributed by atoms with van der Waals surface area (Å²) in [6, 6.07) is 8.92. The summed E-state index contributed by atoms with van der Waals surface area (Å²) in [5.74, 6) is 0. The van der Waals surface area contributed by atoms with Gasteiger partial charge in [0, 0.05) is 24.8 Å². The molecular weight excluding hydrogens is 224 g/mol. The summed E-state index contributed by atoms with van der Waals surface area (Å²) in [4.78, 5) is 2.41. The van der Waals surface area contributed by atoms with Crippen molar-refractivity contribution in [2.75, 3.05) is 25.0 Å². The van der Waals surface area contributed by atoms with Crippen molar-refractivity contribution in [2.45, 2.75) is 38.8 Å². The Morgan fingerprint density at radius 2 is 2.00 bits per heavy atom. The van der Waals surface area contributed by atoms with Crippen LogP contribution in [-0.2, 0) is 0 Å². The van der Waals surface area contributed by atoms with Crippen LogP contribution < -0.4 is 5.32 Å². The first-order chi connectivity index (χ1) is 8.54. The summed E-state index contributed by atoms with van der Waals surface area (Å²) in [6.45, 7) is 8.65. The maximum atomic E-state index is 9.74. The van der Waals surface area contributed by atoms with Gasteiger partial charge in [0.05, 0.1) is 12.1 Å². The van der Waals surface area contributed by atoms with Gasteiger partial charge in [0.25, 0.3) is 0 Å². The SMILES string of the molecule is Cc1ccc(NC2(CO)CCN(C(C)C)C2)cc1. The standard InChI is InChI=1S/C15H24N2O/c1-12(2)17-9-8-15(10-17,11-18)16-14-6-4-13(3)5-7-14/h4-7,12,16,18H,8-11H2,1-3H3. The van der Waals surface area contributed by atoms with Gasteiger partial charge < -0.3 is 10.4 Å². The van der Waals surface area contributed by atoms with Crippen LogP contribution in [0, 0.1) is 6.92 Å². The summed E-state index contributed by atoms with van der Waals surface area (Å²) >= 11 is 0. The van der Waals surface area contributed by atoms with Crippen LogP contribution in [0.3, 0.4) is 0 Å². The zero-order chi connectivity index (χ0) is 13.2. The van der Waals surface area contributed by atoms with Gasteiger partial charge >= 0.3 is 0 Å². The summed E-state index contributed by atoms with van der Waals surface area (Å²) in [5, 5.41) is 13.3. The first-order valence-corrected chi connectivity index (χ1v) is 6.74. The number of benzene rings is 1. The molecule has 100 valence electrons. The zero-order valence-electron chi connectivity index (χ0n) is 11.6. The van der Waals surface area contributed by atoms with Gasteiger partial charge in [0.2, 0.25) is 0 Å². The van der Waals surface area contributed by atoms with E-state index in [1.54, 1.807) is 0 Å². The van der Waals surface area contributed by atoms with Crippen molar-refractivity contribution in [3.05, 3.63) is 29.8 Å². The summed E-state index contributed by atoms with van der Waals surface area (Å²) in [5.41, 5.74) is 2.17. The second-order valence-corrected chi connectivity index (χ2v) is 5.74. The molecule has 18 heavy (non-hydrogen) atoms. The third kappa shape index (κ3) is 2.85. The molecule has 2 N–H and O–H groups in total. The molecule has 0 radical (unpaired) electrons. The number of hydrogen-bond acceptors (Lipinski definition) is 3. The fraction of sp³-hybridized carbons (Fsp3) is 0.600. The lowest BCUT2D eigenvalue weighted by atomic mass is 9.99. The molecule has 1 saturated heterocycles. The Morgan fingerprint density at radius 3 is 2.50 bits per heavy atom. The third-order valence-corrected chi connectivity index (χ3v) is 3.88. The number of rotatable bonds is 4. The Balaban J connectivity index is 2.08. The number of hydrogen-bond donors (Lipinski definition) is 2. The Bertz CT molecular complexity index is 388. The number of aryl methyl sites for hydroxylation is 1. The maximum Gasteiger partial charge on any atom is 0.0742 e. The first-order valence-electron chi connectivity index (χ1n) is 6.74. The van der Waals surface area contributed by atoms with E-state index in [1.165, 1.54) is 5.56 Å². The molecular formula is C15H24N2O. The van der Waals surface area contributed by atoms with Gasteiger partial charge in [-0.15, -0.1) is 0 Å². The molecule has 0 spiro atoms. The highest BCUT2D eigenvalue weighted by Crippen LogP contribution is 2.27.